The lowest BCUT2D eigenvalue weighted by molar-refractivity contribution is -0.165. The second-order valence-corrected chi connectivity index (χ2v) is 11.3. The molecule has 4 saturated carbocycles. The number of ether oxygens (including phenoxy) is 1. The molecule has 30 heavy (non-hydrogen) atoms. The van der Waals surface area contributed by atoms with Crippen LogP contribution in [0.15, 0.2) is 0 Å². The van der Waals surface area contributed by atoms with Gasteiger partial charge in [0.25, 0.3) is 0 Å². The third-order valence-corrected chi connectivity index (χ3v) is 10.1. The molecule has 0 unspecified atom stereocenters. The fourth-order valence-corrected chi connectivity index (χ4v) is 8.41. The van der Waals surface area contributed by atoms with E-state index in [1.165, 1.54) is 19.3 Å². The first-order valence-electron chi connectivity index (χ1n) is 12.4. The second kappa shape index (κ2) is 8.06. The van der Waals surface area contributed by atoms with Crippen molar-refractivity contribution >= 4 is 17.5 Å². The maximum absolute atomic E-state index is 13.7. The van der Waals surface area contributed by atoms with Gasteiger partial charge in [-0.1, -0.05) is 33.6 Å². The summed E-state index contributed by atoms with van der Waals surface area (Å²) in [6.07, 6.45) is 9.34. The van der Waals surface area contributed by atoms with Gasteiger partial charge in [-0.2, -0.15) is 0 Å². The Morgan fingerprint density at radius 1 is 1.10 bits per heavy atom. The molecule has 0 radical (unpaired) electrons. The molecule has 4 aliphatic rings. The quantitative estimate of drug-likeness (QED) is 0.565. The molecule has 0 spiro atoms. The van der Waals surface area contributed by atoms with Gasteiger partial charge in [-0.25, -0.2) is 0 Å². The van der Waals surface area contributed by atoms with E-state index in [4.69, 9.17) is 4.74 Å². The molecule has 8 atom stereocenters. The van der Waals surface area contributed by atoms with E-state index in [-0.39, 0.29) is 35.1 Å². The average molecular weight is 417 g/mol. The maximum atomic E-state index is 13.7. The van der Waals surface area contributed by atoms with Crippen molar-refractivity contribution in [3.63, 3.8) is 0 Å². The van der Waals surface area contributed by atoms with E-state index >= 15 is 0 Å². The van der Waals surface area contributed by atoms with Crippen molar-refractivity contribution in [3.8, 4) is 0 Å². The second-order valence-electron chi connectivity index (χ2n) is 11.3. The Morgan fingerprint density at radius 3 is 2.60 bits per heavy atom. The van der Waals surface area contributed by atoms with E-state index < -0.39 is 5.41 Å². The summed E-state index contributed by atoms with van der Waals surface area (Å²) in [5.74, 6) is 2.29. The first-order valence-corrected chi connectivity index (χ1v) is 12.4. The highest BCUT2D eigenvalue weighted by molar-refractivity contribution is 5.92. The minimum absolute atomic E-state index is 0.0781. The van der Waals surface area contributed by atoms with E-state index in [0.29, 0.717) is 42.9 Å². The molecule has 4 heteroatoms. The van der Waals surface area contributed by atoms with Crippen LogP contribution in [-0.2, 0) is 19.1 Å². The molecule has 4 nitrogen and oxygen atoms in total. The summed E-state index contributed by atoms with van der Waals surface area (Å²) in [7, 11) is 0. The fourth-order valence-electron chi connectivity index (χ4n) is 8.41. The van der Waals surface area contributed by atoms with Crippen LogP contribution in [0.5, 0.6) is 0 Å². The number of hydrogen-bond acceptors (Lipinski definition) is 4. The van der Waals surface area contributed by atoms with Crippen molar-refractivity contribution in [2.24, 2.45) is 46.3 Å². The zero-order chi connectivity index (χ0) is 21.7. The molecule has 0 bridgehead atoms. The first kappa shape index (κ1) is 22.0. The van der Waals surface area contributed by atoms with Gasteiger partial charge in [0.1, 0.15) is 11.6 Å². The van der Waals surface area contributed by atoms with Crippen molar-refractivity contribution in [3.05, 3.63) is 0 Å². The zero-order valence-electron chi connectivity index (χ0n) is 19.4. The number of Topliss-reactive ketones (excluding diaryl/α,β-unsaturated/α-hetero) is 2. The van der Waals surface area contributed by atoms with Crippen molar-refractivity contribution in [1.82, 2.24) is 0 Å². The summed E-state index contributed by atoms with van der Waals surface area (Å²) < 4.78 is 5.10. The van der Waals surface area contributed by atoms with Gasteiger partial charge < -0.3 is 4.74 Å². The summed E-state index contributed by atoms with van der Waals surface area (Å²) >= 11 is 0. The maximum Gasteiger partial charge on any atom is 0.305 e. The van der Waals surface area contributed by atoms with Gasteiger partial charge in [-0.05, 0) is 74.0 Å². The highest BCUT2D eigenvalue weighted by Crippen LogP contribution is 2.66. The van der Waals surface area contributed by atoms with Crippen LogP contribution < -0.4 is 0 Å². The predicted molar refractivity (Wildman–Crippen MR) is 116 cm³/mol. The molecule has 0 aliphatic heterocycles. The van der Waals surface area contributed by atoms with Gasteiger partial charge in [0.15, 0.2) is 0 Å². The van der Waals surface area contributed by atoms with Gasteiger partial charge in [-0.15, -0.1) is 0 Å². The molecule has 4 rings (SSSR count). The molecule has 0 aromatic heterocycles. The third-order valence-electron chi connectivity index (χ3n) is 10.1. The van der Waals surface area contributed by atoms with Crippen molar-refractivity contribution in [2.75, 3.05) is 6.61 Å². The molecule has 0 N–H and O–H groups in total. The number of carbonyl (C=O) groups excluding carboxylic acids is 3. The Bertz CT molecular complexity index is 714. The van der Waals surface area contributed by atoms with E-state index in [9.17, 15) is 14.4 Å². The zero-order valence-corrected chi connectivity index (χ0v) is 19.4. The average Bonchev–Trinajstić information content (AvgIpc) is 3.06. The highest BCUT2D eigenvalue weighted by Gasteiger charge is 2.65. The minimum atomic E-state index is -0.400. The van der Waals surface area contributed by atoms with E-state index in [1.54, 1.807) is 0 Å². The van der Waals surface area contributed by atoms with Crippen LogP contribution in [0.1, 0.15) is 91.9 Å². The molecular weight excluding hydrogens is 376 g/mol. The van der Waals surface area contributed by atoms with E-state index in [1.807, 2.05) is 6.92 Å². The highest BCUT2D eigenvalue weighted by atomic mass is 16.5. The number of esters is 1. The Kier molecular flexibility index (Phi) is 5.91. The topological polar surface area (TPSA) is 60.4 Å². The number of fused-ring (bicyclic) bond motifs is 5. The van der Waals surface area contributed by atoms with Crippen molar-refractivity contribution in [1.29, 1.82) is 0 Å². The molecule has 4 fully saturated rings. The largest absolute Gasteiger partial charge is 0.466 e. The Labute approximate surface area is 181 Å². The molecule has 0 aromatic rings. The molecule has 4 aliphatic carbocycles. The van der Waals surface area contributed by atoms with Gasteiger partial charge >= 0.3 is 5.97 Å². The smallest absolute Gasteiger partial charge is 0.305 e. The Hall–Kier alpha value is -1.19. The van der Waals surface area contributed by atoms with Crippen LogP contribution in [0, 0.1) is 46.3 Å². The lowest BCUT2D eigenvalue weighted by Gasteiger charge is -2.59. The number of rotatable bonds is 5. The van der Waals surface area contributed by atoms with Crippen molar-refractivity contribution < 1.29 is 19.1 Å². The summed E-state index contributed by atoms with van der Waals surface area (Å²) in [6, 6.07) is 0. The SMILES string of the molecule is CCOC(=O)CC[C@@H](C)[C@H]1CC[C@H]2[C@@H]3C(=O)C[C@H]4CCCC[C@]4(C)[C@H]3CC(=O)[C@]12C. The van der Waals surface area contributed by atoms with Gasteiger partial charge in [0.05, 0.1) is 6.61 Å². The third kappa shape index (κ3) is 3.28. The van der Waals surface area contributed by atoms with Crippen LogP contribution >= 0.6 is 0 Å². The predicted octanol–water partition coefficient (Wildman–Crippen LogP) is 5.37. The lowest BCUT2D eigenvalue weighted by Crippen LogP contribution is -2.59. The summed E-state index contributed by atoms with van der Waals surface area (Å²) in [5.41, 5.74) is -0.232. The fraction of sp³-hybridized carbons (Fsp3) is 0.885. The Balaban J connectivity index is 1.56. The number of hydrogen-bond donors (Lipinski definition) is 0. The minimum Gasteiger partial charge on any atom is -0.466 e. The Morgan fingerprint density at radius 2 is 1.87 bits per heavy atom. The van der Waals surface area contributed by atoms with Crippen molar-refractivity contribution in [2.45, 2.75) is 91.9 Å². The van der Waals surface area contributed by atoms with Gasteiger partial charge in [0, 0.05) is 30.6 Å². The molecule has 168 valence electrons. The first-order chi connectivity index (χ1) is 14.2. The molecule has 0 aromatic carbocycles. The standard InChI is InChI=1S/C26H40O4/c1-5-30-23(29)12-9-16(2)18-10-11-19-24-20(15-22(28)26(18,19)4)25(3)13-7-6-8-17(25)14-21(24)27/h16-20,24H,5-15H2,1-4H3/t16-,17-,18-,19+,20+,24+,25+,26-/m1/s1. The van der Waals surface area contributed by atoms with Crippen LogP contribution in [-0.4, -0.2) is 24.1 Å². The van der Waals surface area contributed by atoms with Crippen LogP contribution in [0.4, 0.5) is 0 Å². The number of carbonyl (C=O) groups is 3. The summed E-state index contributed by atoms with van der Waals surface area (Å²) in [5, 5.41) is 0. The van der Waals surface area contributed by atoms with Gasteiger partial charge in [-0.3, -0.25) is 14.4 Å². The molecule has 0 saturated heterocycles. The monoisotopic (exact) mass is 416 g/mol. The lowest BCUT2D eigenvalue weighted by atomic mass is 9.44. The van der Waals surface area contributed by atoms with Gasteiger partial charge in [0.2, 0.25) is 0 Å². The summed E-state index contributed by atoms with van der Waals surface area (Å²) in [6.45, 7) is 9.00. The molecular formula is C26H40O4. The number of ketones is 2. The normalized spacial score (nSPS) is 44.1. The molecule has 0 heterocycles. The molecule has 0 amide bonds. The van der Waals surface area contributed by atoms with Crippen LogP contribution in [0.3, 0.4) is 0 Å². The van der Waals surface area contributed by atoms with E-state index in [0.717, 1.165) is 32.1 Å². The summed E-state index contributed by atoms with van der Waals surface area (Å²) in [4.78, 5) is 39.0. The van der Waals surface area contributed by atoms with Crippen LogP contribution in [0.2, 0.25) is 0 Å². The van der Waals surface area contributed by atoms with E-state index in [2.05, 4.69) is 20.8 Å². The van der Waals surface area contributed by atoms with Crippen LogP contribution in [0.25, 0.3) is 0 Å².